The maximum atomic E-state index is 12.8. The quantitative estimate of drug-likeness (QED) is 0.546. The van der Waals surface area contributed by atoms with Crippen molar-refractivity contribution in [3.8, 4) is 5.75 Å². The maximum absolute atomic E-state index is 12.8. The van der Waals surface area contributed by atoms with Gasteiger partial charge in [0.25, 0.3) is 0 Å². The van der Waals surface area contributed by atoms with Crippen LogP contribution in [0, 0.1) is 0 Å². The fraction of sp³-hybridized carbons (Fsp3) is 0.240. The molecule has 0 aromatic heterocycles. The summed E-state index contributed by atoms with van der Waals surface area (Å²) in [4.78, 5) is 14.8. The van der Waals surface area contributed by atoms with E-state index in [2.05, 4.69) is 0 Å². The summed E-state index contributed by atoms with van der Waals surface area (Å²) in [5, 5.41) is 11.2. The summed E-state index contributed by atoms with van der Waals surface area (Å²) >= 11 is 0. The van der Waals surface area contributed by atoms with Crippen LogP contribution < -0.4 is 4.74 Å². The van der Waals surface area contributed by atoms with Crippen LogP contribution in [0.2, 0.25) is 0 Å². The van der Waals surface area contributed by atoms with E-state index < -0.39 is 18.1 Å². The second kappa shape index (κ2) is 10.6. The largest absolute Gasteiger partial charge is 0.497 e. The van der Waals surface area contributed by atoms with Crippen molar-refractivity contribution in [1.29, 1.82) is 0 Å². The highest BCUT2D eigenvalue weighted by Crippen LogP contribution is 2.27. The number of aliphatic hydroxyl groups is 1. The third-order valence-corrected chi connectivity index (χ3v) is 5.05. The van der Waals surface area contributed by atoms with Gasteiger partial charge in [0, 0.05) is 13.1 Å². The lowest BCUT2D eigenvalue weighted by atomic mass is 9.99. The topological polar surface area (TPSA) is 59.0 Å². The molecule has 3 aromatic rings. The van der Waals surface area contributed by atoms with E-state index in [9.17, 15) is 9.90 Å². The van der Waals surface area contributed by atoms with Gasteiger partial charge in [-0.1, -0.05) is 72.8 Å². The van der Waals surface area contributed by atoms with E-state index in [1.807, 2.05) is 65.6 Å². The van der Waals surface area contributed by atoms with Crippen molar-refractivity contribution in [2.24, 2.45) is 0 Å². The number of carbonyl (C=O) groups is 1. The van der Waals surface area contributed by atoms with Crippen molar-refractivity contribution in [3.05, 3.63) is 102 Å². The Balaban J connectivity index is 1.95. The summed E-state index contributed by atoms with van der Waals surface area (Å²) in [6.45, 7) is 0.978. The fourth-order valence-electron chi connectivity index (χ4n) is 3.47. The molecule has 0 aliphatic carbocycles. The minimum absolute atomic E-state index is 0.481. The fourth-order valence-corrected chi connectivity index (χ4v) is 3.47. The molecule has 156 valence electrons. The number of esters is 1. The van der Waals surface area contributed by atoms with Gasteiger partial charge in [-0.3, -0.25) is 9.69 Å². The average molecular weight is 405 g/mol. The predicted molar refractivity (Wildman–Crippen MR) is 116 cm³/mol. The van der Waals surface area contributed by atoms with Gasteiger partial charge in [0.2, 0.25) is 0 Å². The molecule has 0 amide bonds. The van der Waals surface area contributed by atoms with Crippen LogP contribution in [-0.2, 0) is 22.6 Å². The Hall–Kier alpha value is -3.15. The molecule has 0 spiro atoms. The first-order valence-electron chi connectivity index (χ1n) is 9.84. The van der Waals surface area contributed by atoms with E-state index in [1.165, 1.54) is 7.11 Å². The lowest BCUT2D eigenvalue weighted by molar-refractivity contribution is -0.152. The molecular formula is C25H27NO4. The Labute approximate surface area is 177 Å². The molecule has 5 nitrogen and oxygen atoms in total. The summed E-state index contributed by atoms with van der Waals surface area (Å²) in [7, 11) is 2.93. The summed E-state index contributed by atoms with van der Waals surface area (Å²) in [6.07, 6.45) is -1.06. The number of carbonyl (C=O) groups excluding carboxylic acids is 1. The smallest absolute Gasteiger partial charge is 0.326 e. The van der Waals surface area contributed by atoms with E-state index in [4.69, 9.17) is 9.47 Å². The van der Waals surface area contributed by atoms with Gasteiger partial charge in [-0.25, -0.2) is 0 Å². The van der Waals surface area contributed by atoms with Gasteiger partial charge in [0.05, 0.1) is 14.2 Å². The number of hydrogen-bond acceptors (Lipinski definition) is 5. The van der Waals surface area contributed by atoms with Gasteiger partial charge in [-0.05, 0) is 28.8 Å². The van der Waals surface area contributed by atoms with Gasteiger partial charge < -0.3 is 14.6 Å². The molecule has 0 unspecified atom stereocenters. The van der Waals surface area contributed by atoms with Crippen molar-refractivity contribution < 1.29 is 19.4 Å². The monoisotopic (exact) mass is 405 g/mol. The lowest BCUT2D eigenvalue weighted by Crippen LogP contribution is -2.45. The van der Waals surface area contributed by atoms with Crippen LogP contribution in [-0.4, -0.2) is 36.2 Å². The Kier molecular flexibility index (Phi) is 7.60. The minimum Gasteiger partial charge on any atom is -0.497 e. The normalized spacial score (nSPS) is 12.9. The SMILES string of the molecule is COC(=O)[C@H]([C@@H](O)c1ccc(OC)cc1)N(Cc1ccccc1)Cc1ccccc1. The highest BCUT2D eigenvalue weighted by atomic mass is 16.5. The number of benzene rings is 3. The predicted octanol–water partition coefficient (Wildman–Crippen LogP) is 3.97. The van der Waals surface area contributed by atoms with Crippen LogP contribution in [0.5, 0.6) is 5.75 Å². The van der Waals surface area contributed by atoms with Crippen molar-refractivity contribution in [3.63, 3.8) is 0 Å². The number of nitrogens with zero attached hydrogens (tertiary/aromatic N) is 1. The van der Waals surface area contributed by atoms with Crippen LogP contribution in [0.4, 0.5) is 0 Å². The molecule has 2 atom stereocenters. The van der Waals surface area contributed by atoms with Crippen molar-refractivity contribution in [2.45, 2.75) is 25.2 Å². The number of methoxy groups -OCH3 is 2. The second-order valence-corrected chi connectivity index (χ2v) is 7.06. The zero-order valence-corrected chi connectivity index (χ0v) is 17.3. The van der Waals surface area contributed by atoms with E-state index in [1.54, 1.807) is 31.4 Å². The first-order chi connectivity index (χ1) is 14.6. The molecule has 0 aliphatic heterocycles. The molecule has 30 heavy (non-hydrogen) atoms. The van der Waals surface area contributed by atoms with Crippen LogP contribution in [0.25, 0.3) is 0 Å². The van der Waals surface area contributed by atoms with Crippen molar-refractivity contribution >= 4 is 5.97 Å². The Morgan fingerprint density at radius 1 is 0.833 bits per heavy atom. The molecule has 3 rings (SSSR count). The summed E-state index contributed by atoms with van der Waals surface area (Å²) < 4.78 is 10.3. The van der Waals surface area contributed by atoms with Gasteiger partial charge in [-0.2, -0.15) is 0 Å². The maximum Gasteiger partial charge on any atom is 0.326 e. The molecule has 0 aliphatic rings. The molecule has 0 fully saturated rings. The van der Waals surface area contributed by atoms with E-state index in [-0.39, 0.29) is 0 Å². The Bertz CT molecular complexity index is 871. The average Bonchev–Trinajstić information content (AvgIpc) is 2.80. The van der Waals surface area contributed by atoms with Crippen molar-refractivity contribution in [2.75, 3.05) is 14.2 Å². The molecule has 0 heterocycles. The van der Waals surface area contributed by atoms with Crippen LogP contribution in [0.1, 0.15) is 22.8 Å². The lowest BCUT2D eigenvalue weighted by Gasteiger charge is -2.33. The summed E-state index contributed by atoms with van der Waals surface area (Å²) in [6, 6.07) is 26.0. The molecule has 0 bridgehead atoms. The molecule has 3 aromatic carbocycles. The van der Waals surface area contributed by atoms with Gasteiger partial charge in [-0.15, -0.1) is 0 Å². The van der Waals surface area contributed by atoms with E-state index >= 15 is 0 Å². The third kappa shape index (κ3) is 5.47. The summed E-state index contributed by atoms with van der Waals surface area (Å²) in [5.74, 6) is 0.205. The number of aliphatic hydroxyl groups excluding tert-OH is 1. The highest BCUT2D eigenvalue weighted by molar-refractivity contribution is 5.76. The molecule has 0 radical (unpaired) electrons. The first kappa shape index (κ1) is 21.6. The molecule has 5 heteroatoms. The van der Waals surface area contributed by atoms with Crippen molar-refractivity contribution in [1.82, 2.24) is 4.90 Å². The Morgan fingerprint density at radius 3 is 1.77 bits per heavy atom. The van der Waals surface area contributed by atoms with Crippen LogP contribution >= 0.6 is 0 Å². The second-order valence-electron chi connectivity index (χ2n) is 7.06. The minimum atomic E-state index is -1.06. The summed E-state index contributed by atoms with van der Waals surface area (Å²) in [5.41, 5.74) is 2.71. The van der Waals surface area contributed by atoms with Crippen LogP contribution in [0.3, 0.4) is 0 Å². The zero-order valence-electron chi connectivity index (χ0n) is 17.3. The molecule has 0 saturated carbocycles. The molecular weight excluding hydrogens is 378 g/mol. The number of hydrogen-bond donors (Lipinski definition) is 1. The Morgan fingerprint density at radius 2 is 1.33 bits per heavy atom. The molecule has 0 saturated heterocycles. The van der Waals surface area contributed by atoms with Gasteiger partial charge in [0.1, 0.15) is 17.9 Å². The zero-order chi connectivity index (χ0) is 21.3. The van der Waals surface area contributed by atoms with Crippen LogP contribution in [0.15, 0.2) is 84.9 Å². The first-order valence-corrected chi connectivity index (χ1v) is 9.84. The number of rotatable bonds is 9. The third-order valence-electron chi connectivity index (χ3n) is 5.05. The standard InChI is InChI=1S/C25H27NO4/c1-29-22-15-13-21(14-16-22)24(27)23(25(28)30-2)26(17-19-9-5-3-6-10-19)18-20-11-7-4-8-12-20/h3-16,23-24,27H,17-18H2,1-2H3/t23-,24-/m0/s1. The number of ether oxygens (including phenoxy) is 2. The van der Waals surface area contributed by atoms with E-state index in [0.29, 0.717) is 24.4 Å². The van der Waals surface area contributed by atoms with Gasteiger partial charge in [0.15, 0.2) is 0 Å². The van der Waals surface area contributed by atoms with Gasteiger partial charge >= 0.3 is 5.97 Å². The highest BCUT2D eigenvalue weighted by Gasteiger charge is 2.35. The molecule has 1 N–H and O–H groups in total. The van der Waals surface area contributed by atoms with E-state index in [0.717, 1.165) is 11.1 Å².